The first-order valence-electron chi connectivity index (χ1n) is 9.91. The lowest BCUT2D eigenvalue weighted by atomic mass is 10.1. The molecule has 3 aliphatic rings. The van der Waals surface area contributed by atoms with Crippen LogP contribution in [0.3, 0.4) is 0 Å². The van der Waals surface area contributed by atoms with Gasteiger partial charge in [-0.25, -0.2) is 0 Å². The summed E-state index contributed by atoms with van der Waals surface area (Å²) in [5.74, 6) is 0.00488. The van der Waals surface area contributed by atoms with E-state index in [0.717, 1.165) is 19.4 Å². The molecular formula is C20H25N3O6. The van der Waals surface area contributed by atoms with Crippen molar-refractivity contribution in [2.45, 2.75) is 38.3 Å². The fraction of sp³-hybridized carbons (Fsp3) is 0.550. The van der Waals surface area contributed by atoms with E-state index in [1.807, 2.05) is 0 Å². The van der Waals surface area contributed by atoms with Crippen molar-refractivity contribution in [3.05, 3.63) is 18.2 Å². The molecular weight excluding hydrogens is 378 g/mol. The van der Waals surface area contributed by atoms with Crippen LogP contribution in [0.2, 0.25) is 0 Å². The molecule has 156 valence electrons. The summed E-state index contributed by atoms with van der Waals surface area (Å²) < 4.78 is 16.1. The van der Waals surface area contributed by atoms with Gasteiger partial charge in [-0.15, -0.1) is 0 Å². The highest BCUT2D eigenvalue weighted by Crippen LogP contribution is 2.37. The normalized spacial score (nSPS) is 23.9. The molecule has 3 aliphatic heterocycles. The van der Waals surface area contributed by atoms with Crippen LogP contribution >= 0.6 is 0 Å². The van der Waals surface area contributed by atoms with Gasteiger partial charge in [0.25, 0.3) is 0 Å². The topological polar surface area (TPSA) is 106 Å². The molecule has 3 heterocycles. The minimum atomic E-state index is -0.682. The zero-order valence-corrected chi connectivity index (χ0v) is 16.3. The Morgan fingerprint density at radius 3 is 2.90 bits per heavy atom. The van der Waals surface area contributed by atoms with Gasteiger partial charge >= 0.3 is 0 Å². The zero-order valence-electron chi connectivity index (χ0n) is 16.3. The van der Waals surface area contributed by atoms with Crippen LogP contribution < -0.4 is 25.0 Å². The van der Waals surface area contributed by atoms with Gasteiger partial charge in [0.15, 0.2) is 11.5 Å². The number of fused-ring (bicyclic) bond motifs is 1. The monoisotopic (exact) mass is 403 g/mol. The van der Waals surface area contributed by atoms with Gasteiger partial charge in [0.2, 0.25) is 24.5 Å². The van der Waals surface area contributed by atoms with Gasteiger partial charge in [-0.1, -0.05) is 0 Å². The summed E-state index contributed by atoms with van der Waals surface area (Å²) >= 11 is 0. The van der Waals surface area contributed by atoms with Gasteiger partial charge in [0.1, 0.15) is 6.04 Å². The second kappa shape index (κ2) is 8.28. The molecule has 1 aromatic rings. The Morgan fingerprint density at radius 1 is 1.28 bits per heavy atom. The third-order valence-electron chi connectivity index (χ3n) is 5.44. The van der Waals surface area contributed by atoms with Gasteiger partial charge < -0.3 is 29.7 Å². The van der Waals surface area contributed by atoms with Gasteiger partial charge in [0.05, 0.1) is 12.0 Å². The van der Waals surface area contributed by atoms with Crippen LogP contribution in [0.1, 0.15) is 26.2 Å². The van der Waals surface area contributed by atoms with E-state index in [2.05, 4.69) is 10.6 Å². The summed E-state index contributed by atoms with van der Waals surface area (Å²) in [6.07, 6.45) is 2.08. The maximum Gasteiger partial charge on any atom is 0.242 e. The number of hydrogen-bond acceptors (Lipinski definition) is 6. The molecule has 0 aromatic heterocycles. The molecule has 0 bridgehead atoms. The lowest BCUT2D eigenvalue weighted by molar-refractivity contribution is -0.131. The summed E-state index contributed by atoms with van der Waals surface area (Å²) in [6, 6.07) is 4.58. The van der Waals surface area contributed by atoms with E-state index in [1.165, 1.54) is 0 Å². The van der Waals surface area contributed by atoms with Gasteiger partial charge in [-0.3, -0.25) is 14.4 Å². The van der Waals surface area contributed by atoms with E-state index in [-0.39, 0.29) is 43.6 Å². The fourth-order valence-corrected chi connectivity index (χ4v) is 3.76. The molecule has 2 saturated heterocycles. The number of nitrogens with zero attached hydrogens (tertiary/aromatic N) is 1. The Labute approximate surface area is 168 Å². The summed E-state index contributed by atoms with van der Waals surface area (Å²) in [4.78, 5) is 38.8. The molecule has 4 rings (SSSR count). The average Bonchev–Trinajstić information content (AvgIpc) is 3.45. The minimum absolute atomic E-state index is 0.0459. The fourth-order valence-electron chi connectivity index (χ4n) is 3.76. The molecule has 1 aromatic carbocycles. The first-order chi connectivity index (χ1) is 14.0. The lowest BCUT2D eigenvalue weighted by Crippen LogP contribution is -2.48. The number of benzene rings is 1. The molecule has 0 aliphatic carbocycles. The number of rotatable bonds is 6. The molecule has 9 heteroatoms. The predicted octanol–water partition coefficient (Wildman–Crippen LogP) is 0.568. The zero-order chi connectivity index (χ0) is 20.4. The second-order valence-electron chi connectivity index (χ2n) is 7.55. The van der Waals surface area contributed by atoms with E-state index in [0.29, 0.717) is 23.7 Å². The van der Waals surface area contributed by atoms with Crippen molar-refractivity contribution in [1.82, 2.24) is 10.6 Å². The Hall–Kier alpha value is -2.81. The molecule has 0 saturated carbocycles. The summed E-state index contributed by atoms with van der Waals surface area (Å²) in [5.41, 5.74) is 0.664. The smallest absolute Gasteiger partial charge is 0.242 e. The highest BCUT2D eigenvalue weighted by Gasteiger charge is 2.36. The Kier molecular flexibility index (Phi) is 5.57. The standard InChI is InChI=1S/C20H25N3O6/c1-12(19(25)21-9-15-3-2-6-27-15)22-20(26)13-7-18(24)23(10-13)14-4-5-16-17(8-14)29-11-28-16/h4-5,8,12-13,15H,2-3,6-7,9-11H2,1H3,(H,21,25)(H,22,26)/t12-,13-,15-/m0/s1. The van der Waals surface area contributed by atoms with Crippen molar-refractivity contribution in [1.29, 1.82) is 0 Å². The maximum atomic E-state index is 12.6. The summed E-state index contributed by atoms with van der Waals surface area (Å²) in [7, 11) is 0. The van der Waals surface area contributed by atoms with Crippen LogP contribution in [-0.2, 0) is 19.1 Å². The molecule has 29 heavy (non-hydrogen) atoms. The number of hydrogen-bond donors (Lipinski definition) is 2. The number of nitrogens with one attached hydrogen (secondary N) is 2. The molecule has 3 amide bonds. The second-order valence-corrected chi connectivity index (χ2v) is 7.55. The molecule has 3 atom stereocenters. The van der Waals surface area contributed by atoms with Crippen LogP contribution in [0.15, 0.2) is 18.2 Å². The number of amides is 3. The van der Waals surface area contributed by atoms with Gasteiger partial charge in [0, 0.05) is 37.9 Å². The van der Waals surface area contributed by atoms with E-state index in [1.54, 1.807) is 30.0 Å². The van der Waals surface area contributed by atoms with Gasteiger partial charge in [-0.05, 0) is 31.9 Å². The van der Waals surface area contributed by atoms with Crippen LogP contribution in [0.4, 0.5) is 5.69 Å². The average molecular weight is 403 g/mol. The van der Waals surface area contributed by atoms with Crippen molar-refractivity contribution in [2.24, 2.45) is 5.92 Å². The molecule has 9 nitrogen and oxygen atoms in total. The number of carbonyl (C=O) groups is 3. The van der Waals surface area contributed by atoms with Crippen LogP contribution in [0.5, 0.6) is 11.5 Å². The Balaban J connectivity index is 1.30. The van der Waals surface area contributed by atoms with E-state index < -0.39 is 12.0 Å². The lowest BCUT2D eigenvalue weighted by Gasteiger charge is -2.19. The van der Waals surface area contributed by atoms with E-state index in [9.17, 15) is 14.4 Å². The third kappa shape index (κ3) is 4.29. The van der Waals surface area contributed by atoms with Gasteiger partial charge in [-0.2, -0.15) is 0 Å². The highest BCUT2D eigenvalue weighted by molar-refractivity contribution is 6.01. The Morgan fingerprint density at radius 2 is 2.10 bits per heavy atom. The number of ether oxygens (including phenoxy) is 3. The predicted molar refractivity (Wildman–Crippen MR) is 103 cm³/mol. The summed E-state index contributed by atoms with van der Waals surface area (Å²) in [5, 5.41) is 5.52. The van der Waals surface area contributed by atoms with Crippen LogP contribution in [-0.4, -0.2) is 56.4 Å². The van der Waals surface area contributed by atoms with Crippen LogP contribution in [0, 0.1) is 5.92 Å². The Bertz CT molecular complexity index is 807. The minimum Gasteiger partial charge on any atom is -0.454 e. The number of carbonyl (C=O) groups excluding carboxylic acids is 3. The van der Waals surface area contributed by atoms with Crippen molar-refractivity contribution < 1.29 is 28.6 Å². The SMILES string of the molecule is C[C@H](NC(=O)[C@H]1CC(=O)N(c2ccc3c(c2)OCO3)C1)C(=O)NC[C@@H]1CCCO1. The number of anilines is 1. The van der Waals surface area contributed by atoms with E-state index >= 15 is 0 Å². The molecule has 0 unspecified atom stereocenters. The van der Waals surface area contributed by atoms with Crippen molar-refractivity contribution in [3.8, 4) is 11.5 Å². The molecule has 0 spiro atoms. The van der Waals surface area contributed by atoms with Crippen molar-refractivity contribution >= 4 is 23.4 Å². The van der Waals surface area contributed by atoms with Crippen LogP contribution in [0.25, 0.3) is 0 Å². The molecule has 2 fully saturated rings. The summed E-state index contributed by atoms with van der Waals surface area (Å²) in [6.45, 7) is 3.22. The maximum absolute atomic E-state index is 12.6. The molecule has 0 radical (unpaired) electrons. The molecule has 2 N–H and O–H groups in total. The highest BCUT2D eigenvalue weighted by atomic mass is 16.7. The quantitative estimate of drug-likeness (QED) is 0.719. The van der Waals surface area contributed by atoms with Crippen molar-refractivity contribution in [3.63, 3.8) is 0 Å². The first kappa shape index (κ1) is 19.5. The van der Waals surface area contributed by atoms with E-state index in [4.69, 9.17) is 14.2 Å². The first-order valence-corrected chi connectivity index (χ1v) is 9.91. The largest absolute Gasteiger partial charge is 0.454 e. The van der Waals surface area contributed by atoms with Crippen molar-refractivity contribution in [2.75, 3.05) is 31.4 Å². The third-order valence-corrected chi connectivity index (χ3v) is 5.44.